The highest BCUT2D eigenvalue weighted by molar-refractivity contribution is 5.80. The number of hydrogen-bond donors (Lipinski definition) is 5. The van der Waals surface area contributed by atoms with Gasteiger partial charge in [0.05, 0.1) is 18.8 Å². The lowest BCUT2D eigenvalue weighted by molar-refractivity contribution is -0.132. The Bertz CT molecular complexity index is 981. The monoisotopic (exact) mass is 874 g/mol. The molecular weight excluding hydrogens is 767 g/mol. The number of hydrogen-bond acceptors (Lipinski definition) is 5. The number of carbonyl (C=O) groups excluding carboxylic acids is 1. The average molecular weight is 874 g/mol. The van der Waals surface area contributed by atoms with Gasteiger partial charge in [0.15, 0.2) is 0 Å². The average Bonchev–Trinajstić information content (AvgIpc) is 3.28. The van der Waals surface area contributed by atoms with E-state index >= 15 is 0 Å². The van der Waals surface area contributed by atoms with E-state index in [1.165, 1.54) is 199 Å². The van der Waals surface area contributed by atoms with Crippen LogP contribution in [0, 0.1) is 0 Å². The third-order valence-corrected chi connectivity index (χ3v) is 12.8. The molecule has 0 aliphatic carbocycles. The lowest BCUT2D eigenvalue weighted by Crippen LogP contribution is -2.53. The zero-order valence-corrected chi connectivity index (χ0v) is 41.4. The number of nitrogens with one attached hydrogen (secondary N) is 1. The largest absolute Gasteiger partial charge is 0.394 e. The number of aliphatic hydroxyl groups excluding tert-OH is 4. The highest BCUT2D eigenvalue weighted by atomic mass is 16.3. The third kappa shape index (κ3) is 43.8. The van der Waals surface area contributed by atoms with Crippen LogP contribution in [0.3, 0.4) is 0 Å². The fourth-order valence-corrected chi connectivity index (χ4v) is 8.48. The standard InChI is InChI=1S/C56H107NO5/c1-3-5-7-9-11-13-15-17-19-21-23-24-25-26-27-28-29-30-32-33-35-37-39-41-43-45-47-49-53(59)55(61)52(51-58)57-56(62)54(60)50-48-46-44-42-40-38-36-34-31-22-20-18-16-14-12-10-8-6-4-2/h31,33-35,41,43,52-55,58-61H,3-30,32,36-40,42,44-51H2,1-2H3,(H,57,62)/b34-31-,35-33+,43-41+. The van der Waals surface area contributed by atoms with Gasteiger partial charge in [-0.3, -0.25) is 4.79 Å². The van der Waals surface area contributed by atoms with Gasteiger partial charge in [0.1, 0.15) is 12.2 Å². The van der Waals surface area contributed by atoms with Crippen LogP contribution in [-0.4, -0.2) is 57.3 Å². The summed E-state index contributed by atoms with van der Waals surface area (Å²) in [5.41, 5.74) is 0. The van der Waals surface area contributed by atoms with Gasteiger partial charge in [0.2, 0.25) is 5.91 Å². The van der Waals surface area contributed by atoms with Crippen LogP contribution >= 0.6 is 0 Å². The summed E-state index contributed by atoms with van der Waals surface area (Å²) in [5.74, 6) is -0.600. The smallest absolute Gasteiger partial charge is 0.249 e. The van der Waals surface area contributed by atoms with Crippen molar-refractivity contribution in [1.82, 2.24) is 5.32 Å². The molecule has 366 valence electrons. The minimum absolute atomic E-state index is 0.353. The second-order valence-corrected chi connectivity index (χ2v) is 18.9. The molecule has 0 saturated heterocycles. The van der Waals surface area contributed by atoms with E-state index in [-0.39, 0.29) is 0 Å². The molecule has 0 spiro atoms. The molecule has 6 nitrogen and oxygen atoms in total. The molecule has 4 unspecified atom stereocenters. The first kappa shape index (κ1) is 60.5. The van der Waals surface area contributed by atoms with Crippen LogP contribution in [0.15, 0.2) is 36.5 Å². The van der Waals surface area contributed by atoms with E-state index in [4.69, 9.17) is 0 Å². The van der Waals surface area contributed by atoms with Crippen molar-refractivity contribution in [2.45, 2.75) is 308 Å². The van der Waals surface area contributed by atoms with Crippen molar-refractivity contribution in [2.24, 2.45) is 0 Å². The van der Waals surface area contributed by atoms with Crippen molar-refractivity contribution >= 4 is 5.91 Å². The molecule has 0 rings (SSSR count). The molecule has 5 N–H and O–H groups in total. The highest BCUT2D eigenvalue weighted by Gasteiger charge is 2.28. The summed E-state index contributed by atoms with van der Waals surface area (Å²) < 4.78 is 0. The molecule has 1 amide bonds. The van der Waals surface area contributed by atoms with E-state index in [1.807, 2.05) is 0 Å². The second kappa shape index (κ2) is 50.5. The number of unbranched alkanes of at least 4 members (excludes halogenated alkanes) is 35. The van der Waals surface area contributed by atoms with E-state index in [9.17, 15) is 25.2 Å². The second-order valence-electron chi connectivity index (χ2n) is 18.9. The Balaban J connectivity index is 3.70. The zero-order chi connectivity index (χ0) is 45.2. The van der Waals surface area contributed by atoms with Crippen molar-refractivity contribution < 1.29 is 25.2 Å². The molecule has 0 aromatic heterocycles. The van der Waals surface area contributed by atoms with Gasteiger partial charge >= 0.3 is 0 Å². The molecule has 0 aliphatic rings. The summed E-state index contributed by atoms with van der Waals surface area (Å²) in [6.07, 6.45) is 62.1. The Labute approximate surface area is 386 Å². The van der Waals surface area contributed by atoms with E-state index in [0.29, 0.717) is 19.3 Å². The molecule has 62 heavy (non-hydrogen) atoms. The molecule has 0 fully saturated rings. The normalized spacial score (nSPS) is 14.1. The minimum Gasteiger partial charge on any atom is -0.394 e. The highest BCUT2D eigenvalue weighted by Crippen LogP contribution is 2.17. The predicted molar refractivity (Wildman–Crippen MR) is 270 cm³/mol. The summed E-state index contributed by atoms with van der Waals surface area (Å²) in [7, 11) is 0. The quantitative estimate of drug-likeness (QED) is 0.0309. The Morgan fingerprint density at radius 2 is 0.677 bits per heavy atom. The summed E-state index contributed by atoms with van der Waals surface area (Å²) in [5, 5.41) is 43.9. The third-order valence-electron chi connectivity index (χ3n) is 12.8. The summed E-state index contributed by atoms with van der Waals surface area (Å²) in [4.78, 5) is 12.6. The maximum absolute atomic E-state index is 12.6. The molecular formula is C56H107NO5. The number of aliphatic hydroxyl groups is 4. The van der Waals surface area contributed by atoms with Crippen molar-refractivity contribution in [3.05, 3.63) is 36.5 Å². The lowest BCUT2D eigenvalue weighted by Gasteiger charge is -2.27. The molecule has 0 aliphatic heterocycles. The topological polar surface area (TPSA) is 110 Å². The first-order valence-corrected chi connectivity index (χ1v) is 27.4. The van der Waals surface area contributed by atoms with Crippen molar-refractivity contribution in [3.8, 4) is 0 Å². The number of allylic oxidation sites excluding steroid dienone is 6. The number of rotatable bonds is 50. The number of amides is 1. The van der Waals surface area contributed by atoms with Crippen molar-refractivity contribution in [3.63, 3.8) is 0 Å². The Kier molecular flexibility index (Phi) is 49.3. The maximum atomic E-state index is 12.6. The van der Waals surface area contributed by atoms with Gasteiger partial charge in [-0.05, 0) is 77.0 Å². The zero-order valence-electron chi connectivity index (χ0n) is 41.4. The molecule has 0 aromatic carbocycles. The van der Waals surface area contributed by atoms with E-state index < -0.39 is 36.9 Å². The minimum atomic E-state index is -1.29. The molecule has 0 aromatic rings. The predicted octanol–water partition coefficient (Wildman–Crippen LogP) is 15.6. The SMILES string of the molecule is CCCCCCCCCCC/C=C\CCCCCCCCC(O)C(=O)NC(CO)C(O)C(O)CCC/C=C/CC/C=C/CCCCCCCCCCCCCCCCCCCC. The van der Waals surface area contributed by atoms with Crippen LogP contribution in [0.5, 0.6) is 0 Å². The number of carbonyl (C=O) groups is 1. The Morgan fingerprint density at radius 1 is 0.387 bits per heavy atom. The van der Waals surface area contributed by atoms with Crippen LogP contribution in [-0.2, 0) is 4.79 Å². The Morgan fingerprint density at radius 3 is 1.02 bits per heavy atom. The molecule has 0 heterocycles. The molecule has 4 atom stereocenters. The first-order chi connectivity index (χ1) is 30.5. The summed E-state index contributed by atoms with van der Waals surface area (Å²) in [6, 6.07) is -1.01. The van der Waals surface area contributed by atoms with Gasteiger partial charge in [-0.2, -0.15) is 0 Å². The van der Waals surface area contributed by atoms with Gasteiger partial charge in [-0.1, -0.05) is 243 Å². The Hall–Kier alpha value is -1.47. The fraction of sp³-hybridized carbons (Fsp3) is 0.875. The maximum Gasteiger partial charge on any atom is 0.249 e. The summed E-state index contributed by atoms with van der Waals surface area (Å²) in [6.45, 7) is 4.06. The van der Waals surface area contributed by atoms with Gasteiger partial charge < -0.3 is 25.7 Å². The van der Waals surface area contributed by atoms with Gasteiger partial charge in [0.25, 0.3) is 0 Å². The first-order valence-electron chi connectivity index (χ1n) is 27.4. The van der Waals surface area contributed by atoms with E-state index in [0.717, 1.165) is 51.4 Å². The molecule has 0 saturated carbocycles. The van der Waals surface area contributed by atoms with Crippen LogP contribution in [0.25, 0.3) is 0 Å². The van der Waals surface area contributed by atoms with Crippen molar-refractivity contribution in [1.29, 1.82) is 0 Å². The van der Waals surface area contributed by atoms with E-state index in [2.05, 4.69) is 55.6 Å². The van der Waals surface area contributed by atoms with E-state index in [1.54, 1.807) is 0 Å². The van der Waals surface area contributed by atoms with Crippen LogP contribution in [0.2, 0.25) is 0 Å². The van der Waals surface area contributed by atoms with Crippen LogP contribution in [0.4, 0.5) is 0 Å². The van der Waals surface area contributed by atoms with Gasteiger partial charge in [-0.15, -0.1) is 0 Å². The van der Waals surface area contributed by atoms with Gasteiger partial charge in [-0.25, -0.2) is 0 Å². The van der Waals surface area contributed by atoms with Crippen LogP contribution < -0.4 is 5.32 Å². The van der Waals surface area contributed by atoms with Crippen LogP contribution in [0.1, 0.15) is 284 Å². The molecule has 0 radical (unpaired) electrons. The van der Waals surface area contributed by atoms with Gasteiger partial charge in [0, 0.05) is 0 Å². The molecule has 0 bridgehead atoms. The lowest BCUT2D eigenvalue weighted by atomic mass is 10.00. The molecule has 6 heteroatoms. The fourth-order valence-electron chi connectivity index (χ4n) is 8.48. The van der Waals surface area contributed by atoms with Crippen molar-refractivity contribution in [2.75, 3.05) is 6.61 Å². The summed E-state index contributed by atoms with van der Waals surface area (Å²) >= 11 is 0.